The van der Waals surface area contributed by atoms with Crippen LogP contribution in [0.5, 0.6) is 0 Å². The number of anilines is 2. The Balaban J connectivity index is 1.88. The lowest BCUT2D eigenvalue weighted by Gasteiger charge is -2.10. The molecule has 2 aromatic rings. The maximum Gasteiger partial charge on any atom is 0.237 e. The summed E-state index contributed by atoms with van der Waals surface area (Å²) in [6, 6.07) is 6.86. The van der Waals surface area contributed by atoms with Gasteiger partial charge in [0.05, 0.1) is 5.25 Å². The van der Waals surface area contributed by atoms with Crippen molar-refractivity contribution in [2.45, 2.75) is 37.3 Å². The molecule has 0 aliphatic heterocycles. The van der Waals surface area contributed by atoms with Gasteiger partial charge in [-0.05, 0) is 44.0 Å². The van der Waals surface area contributed by atoms with Gasteiger partial charge in [-0.3, -0.25) is 9.59 Å². The second-order valence-corrected chi connectivity index (χ2v) is 8.60. The predicted octanol–water partition coefficient (Wildman–Crippen LogP) is 3.93. The van der Waals surface area contributed by atoms with E-state index in [-0.39, 0.29) is 16.9 Å². The Kier molecular flexibility index (Phi) is 6.95. The number of ketones is 1. The summed E-state index contributed by atoms with van der Waals surface area (Å²) < 4.78 is 0.751. The van der Waals surface area contributed by atoms with Crippen molar-refractivity contribution in [3.63, 3.8) is 0 Å². The van der Waals surface area contributed by atoms with Crippen LogP contribution in [0.25, 0.3) is 0 Å². The molecule has 2 N–H and O–H groups in total. The van der Waals surface area contributed by atoms with Gasteiger partial charge >= 0.3 is 0 Å². The first-order valence-corrected chi connectivity index (χ1v) is 9.70. The number of benzene rings is 1. The highest BCUT2D eigenvalue weighted by Crippen LogP contribution is 2.29. The van der Waals surface area contributed by atoms with Crippen molar-refractivity contribution in [2.24, 2.45) is 5.92 Å². The lowest BCUT2D eigenvalue weighted by molar-refractivity contribution is -0.115. The molecule has 134 valence electrons. The van der Waals surface area contributed by atoms with E-state index in [0.29, 0.717) is 17.2 Å². The molecular weight excluding hydrogens is 356 g/mol. The summed E-state index contributed by atoms with van der Waals surface area (Å²) in [4.78, 5) is 23.6. The van der Waals surface area contributed by atoms with E-state index in [1.54, 1.807) is 24.3 Å². The first-order chi connectivity index (χ1) is 11.8. The molecule has 0 bridgehead atoms. The van der Waals surface area contributed by atoms with Gasteiger partial charge in [-0.2, -0.15) is 0 Å². The van der Waals surface area contributed by atoms with Gasteiger partial charge in [-0.15, -0.1) is 10.2 Å². The number of rotatable bonds is 8. The van der Waals surface area contributed by atoms with Gasteiger partial charge in [0.1, 0.15) is 0 Å². The fourth-order valence-corrected chi connectivity index (χ4v) is 3.76. The molecule has 1 aromatic carbocycles. The molecule has 0 radical (unpaired) electrons. The van der Waals surface area contributed by atoms with Gasteiger partial charge in [0.25, 0.3) is 0 Å². The number of amides is 1. The number of nitrogens with one attached hydrogen (secondary N) is 2. The number of nitrogens with zero attached hydrogens (tertiary/aromatic N) is 2. The highest BCUT2D eigenvalue weighted by molar-refractivity contribution is 8.02. The molecule has 0 spiro atoms. The summed E-state index contributed by atoms with van der Waals surface area (Å²) in [6.07, 6.45) is 0. The van der Waals surface area contributed by atoms with E-state index in [9.17, 15) is 9.59 Å². The number of aromatic nitrogens is 2. The quantitative estimate of drug-likeness (QED) is 0.535. The van der Waals surface area contributed by atoms with Crippen molar-refractivity contribution >= 4 is 45.6 Å². The third-order valence-corrected chi connectivity index (χ3v) is 5.34. The van der Waals surface area contributed by atoms with Crippen LogP contribution in [-0.2, 0) is 4.79 Å². The van der Waals surface area contributed by atoms with Crippen LogP contribution in [-0.4, -0.2) is 33.7 Å². The average Bonchev–Trinajstić information content (AvgIpc) is 3.00. The molecule has 0 saturated carbocycles. The first kappa shape index (κ1) is 19.4. The van der Waals surface area contributed by atoms with E-state index in [2.05, 4.69) is 34.7 Å². The molecule has 1 atom stereocenters. The summed E-state index contributed by atoms with van der Waals surface area (Å²) in [5, 5.41) is 14.7. The monoisotopic (exact) mass is 378 g/mol. The Morgan fingerprint density at radius 1 is 1.16 bits per heavy atom. The zero-order valence-corrected chi connectivity index (χ0v) is 16.3. The molecule has 2 rings (SSSR count). The van der Waals surface area contributed by atoms with Gasteiger partial charge < -0.3 is 10.6 Å². The van der Waals surface area contributed by atoms with Crippen LogP contribution in [0.3, 0.4) is 0 Å². The summed E-state index contributed by atoms with van der Waals surface area (Å²) in [5.74, 6) is 0.409. The van der Waals surface area contributed by atoms with Crippen molar-refractivity contribution in [1.29, 1.82) is 0 Å². The second-order valence-electron chi connectivity index (χ2n) is 6.03. The normalized spacial score (nSPS) is 12.0. The van der Waals surface area contributed by atoms with E-state index in [1.807, 2.05) is 6.92 Å². The number of thioether (sulfide) groups is 1. The van der Waals surface area contributed by atoms with E-state index in [4.69, 9.17) is 0 Å². The topological polar surface area (TPSA) is 84.0 Å². The van der Waals surface area contributed by atoms with Gasteiger partial charge in [0, 0.05) is 17.8 Å². The minimum Gasteiger partial charge on any atom is -0.360 e. The molecule has 8 heteroatoms. The SMILES string of the molecule is CC(=O)c1ccc(NC(=O)[C@H](C)Sc2nnc(NCC(C)C)s2)cc1. The lowest BCUT2D eigenvalue weighted by atomic mass is 10.1. The first-order valence-electron chi connectivity index (χ1n) is 8.01. The zero-order chi connectivity index (χ0) is 18.4. The van der Waals surface area contributed by atoms with Gasteiger partial charge in [-0.1, -0.05) is 36.9 Å². The number of carbonyl (C=O) groups excluding carboxylic acids is 2. The average molecular weight is 379 g/mol. The number of carbonyl (C=O) groups is 2. The summed E-state index contributed by atoms with van der Waals surface area (Å²) >= 11 is 2.82. The van der Waals surface area contributed by atoms with Crippen molar-refractivity contribution < 1.29 is 9.59 Å². The predicted molar refractivity (Wildman–Crippen MR) is 104 cm³/mol. The molecule has 0 saturated heterocycles. The Morgan fingerprint density at radius 2 is 1.84 bits per heavy atom. The van der Waals surface area contributed by atoms with Crippen molar-refractivity contribution in [1.82, 2.24) is 10.2 Å². The van der Waals surface area contributed by atoms with Crippen LogP contribution in [0.1, 0.15) is 38.1 Å². The molecule has 25 heavy (non-hydrogen) atoms. The molecule has 1 heterocycles. The van der Waals surface area contributed by atoms with E-state index >= 15 is 0 Å². The number of Topliss-reactive ketones (excluding diaryl/α,β-unsaturated/α-hetero) is 1. The van der Waals surface area contributed by atoms with Crippen LogP contribution in [0.4, 0.5) is 10.8 Å². The van der Waals surface area contributed by atoms with Gasteiger partial charge in [0.2, 0.25) is 11.0 Å². The van der Waals surface area contributed by atoms with Crippen LogP contribution < -0.4 is 10.6 Å². The fourth-order valence-electron chi connectivity index (χ4n) is 1.86. The molecule has 0 fully saturated rings. The Hall–Kier alpha value is -1.93. The summed E-state index contributed by atoms with van der Waals surface area (Å²) in [7, 11) is 0. The highest BCUT2D eigenvalue weighted by atomic mass is 32.2. The van der Waals surface area contributed by atoms with Crippen molar-refractivity contribution in [3.05, 3.63) is 29.8 Å². The molecule has 0 unspecified atom stereocenters. The van der Waals surface area contributed by atoms with Crippen molar-refractivity contribution in [3.8, 4) is 0 Å². The summed E-state index contributed by atoms with van der Waals surface area (Å²) in [6.45, 7) is 8.43. The number of hydrogen-bond acceptors (Lipinski definition) is 7. The standard InChI is InChI=1S/C17H22N4O2S2/c1-10(2)9-18-16-20-21-17(25-16)24-12(4)15(23)19-14-7-5-13(6-8-14)11(3)22/h5-8,10,12H,9H2,1-4H3,(H,18,20)(H,19,23)/t12-/m0/s1. The summed E-state index contributed by atoms with van der Waals surface area (Å²) in [5.41, 5.74) is 1.29. The molecular formula is C17H22N4O2S2. The maximum atomic E-state index is 12.3. The fraction of sp³-hybridized carbons (Fsp3) is 0.412. The minimum absolute atomic E-state index is 0.0000460. The molecule has 1 aromatic heterocycles. The Labute approximate surface area is 155 Å². The Morgan fingerprint density at radius 3 is 2.44 bits per heavy atom. The van der Waals surface area contributed by atoms with Crippen LogP contribution in [0.15, 0.2) is 28.6 Å². The van der Waals surface area contributed by atoms with Crippen LogP contribution in [0, 0.1) is 5.92 Å². The van der Waals surface area contributed by atoms with Crippen LogP contribution >= 0.6 is 23.1 Å². The lowest BCUT2D eigenvalue weighted by Crippen LogP contribution is -2.22. The molecule has 0 aliphatic rings. The molecule has 0 aliphatic carbocycles. The van der Waals surface area contributed by atoms with Gasteiger partial charge in [-0.25, -0.2) is 0 Å². The molecule has 1 amide bonds. The van der Waals surface area contributed by atoms with E-state index in [0.717, 1.165) is 16.0 Å². The maximum absolute atomic E-state index is 12.3. The van der Waals surface area contributed by atoms with E-state index < -0.39 is 0 Å². The zero-order valence-electron chi connectivity index (χ0n) is 14.7. The van der Waals surface area contributed by atoms with Crippen molar-refractivity contribution in [2.75, 3.05) is 17.2 Å². The Bertz CT molecular complexity index is 729. The smallest absolute Gasteiger partial charge is 0.237 e. The highest BCUT2D eigenvalue weighted by Gasteiger charge is 2.17. The minimum atomic E-state index is -0.307. The second kappa shape index (κ2) is 8.96. The number of hydrogen-bond donors (Lipinski definition) is 2. The van der Waals surface area contributed by atoms with E-state index in [1.165, 1.54) is 30.0 Å². The molecule has 6 nitrogen and oxygen atoms in total. The third kappa shape index (κ3) is 6.13. The third-order valence-electron chi connectivity index (χ3n) is 3.27. The van der Waals surface area contributed by atoms with Crippen LogP contribution in [0.2, 0.25) is 0 Å². The van der Waals surface area contributed by atoms with Gasteiger partial charge in [0.15, 0.2) is 10.1 Å². The largest absolute Gasteiger partial charge is 0.360 e.